The van der Waals surface area contributed by atoms with E-state index in [1.807, 2.05) is 6.08 Å². The van der Waals surface area contributed by atoms with Crippen molar-refractivity contribution in [1.82, 2.24) is 0 Å². The fraction of sp³-hybridized carbons (Fsp3) is 0.600. The molecule has 58 valence electrons. The first kappa shape index (κ1) is 9.48. The summed E-state index contributed by atoms with van der Waals surface area (Å²) in [7, 11) is 0. The molecule has 0 rings (SSSR count). The maximum absolute atomic E-state index is 3.98. The largest absolute Gasteiger partial charge is 0.103 e. The Hall–Kier alpha value is -0.520. The molecule has 0 amide bonds. The van der Waals surface area contributed by atoms with E-state index in [0.717, 1.165) is 12.8 Å². The van der Waals surface area contributed by atoms with Crippen LogP contribution in [0.4, 0.5) is 0 Å². The molecule has 1 atom stereocenters. The number of hydrogen-bond acceptors (Lipinski definition) is 0. The van der Waals surface area contributed by atoms with Crippen molar-refractivity contribution >= 4 is 0 Å². The normalized spacial score (nSPS) is 12.6. The fourth-order valence-electron chi connectivity index (χ4n) is 0.994. The standard InChI is InChI=1S/C10H18/c1-5-7-10(4)8-9(3)6-2/h6,9H,2,4-5,7-8H2,1,3H3. The average molecular weight is 138 g/mol. The average Bonchev–Trinajstić information content (AvgIpc) is 1.88. The topological polar surface area (TPSA) is 0 Å². The summed E-state index contributed by atoms with van der Waals surface area (Å²) < 4.78 is 0. The summed E-state index contributed by atoms with van der Waals surface area (Å²) in [5.74, 6) is 0.596. The molecule has 0 aliphatic heterocycles. The van der Waals surface area contributed by atoms with Crippen LogP contribution in [0.15, 0.2) is 24.8 Å². The van der Waals surface area contributed by atoms with Gasteiger partial charge in [-0.15, -0.1) is 6.58 Å². The minimum Gasteiger partial charge on any atom is -0.103 e. The molecule has 0 bridgehead atoms. The minimum absolute atomic E-state index is 0.596. The first-order valence-corrected chi connectivity index (χ1v) is 3.99. The van der Waals surface area contributed by atoms with E-state index < -0.39 is 0 Å². The SMILES string of the molecule is C=CC(C)CC(=C)CCC. The second-order valence-corrected chi connectivity index (χ2v) is 2.92. The quantitative estimate of drug-likeness (QED) is 0.510. The molecule has 0 spiro atoms. The molecule has 0 heterocycles. The van der Waals surface area contributed by atoms with Gasteiger partial charge in [-0.2, -0.15) is 0 Å². The zero-order chi connectivity index (χ0) is 7.98. The summed E-state index contributed by atoms with van der Waals surface area (Å²) >= 11 is 0. The van der Waals surface area contributed by atoms with Crippen molar-refractivity contribution in [3.63, 3.8) is 0 Å². The second kappa shape index (κ2) is 5.28. The van der Waals surface area contributed by atoms with Crippen LogP contribution >= 0.6 is 0 Å². The van der Waals surface area contributed by atoms with Crippen molar-refractivity contribution in [2.24, 2.45) is 5.92 Å². The second-order valence-electron chi connectivity index (χ2n) is 2.92. The Kier molecular flexibility index (Phi) is 5.00. The fourth-order valence-corrected chi connectivity index (χ4v) is 0.994. The van der Waals surface area contributed by atoms with Gasteiger partial charge in [-0.25, -0.2) is 0 Å². The van der Waals surface area contributed by atoms with Crippen molar-refractivity contribution in [2.45, 2.75) is 33.1 Å². The summed E-state index contributed by atoms with van der Waals surface area (Å²) in [6, 6.07) is 0. The van der Waals surface area contributed by atoms with Gasteiger partial charge in [0.15, 0.2) is 0 Å². The molecule has 0 saturated carbocycles. The van der Waals surface area contributed by atoms with Gasteiger partial charge in [0.25, 0.3) is 0 Å². The van der Waals surface area contributed by atoms with Gasteiger partial charge < -0.3 is 0 Å². The molecule has 0 aliphatic carbocycles. The lowest BCUT2D eigenvalue weighted by Crippen LogP contribution is -1.91. The number of hydrogen-bond donors (Lipinski definition) is 0. The van der Waals surface area contributed by atoms with E-state index in [-0.39, 0.29) is 0 Å². The Labute approximate surface area is 64.6 Å². The van der Waals surface area contributed by atoms with Crippen molar-refractivity contribution in [1.29, 1.82) is 0 Å². The highest BCUT2D eigenvalue weighted by atomic mass is 14.0. The maximum Gasteiger partial charge on any atom is -0.0227 e. The highest BCUT2D eigenvalue weighted by molar-refractivity contribution is 4.97. The molecule has 0 aromatic carbocycles. The van der Waals surface area contributed by atoms with Gasteiger partial charge in [0.2, 0.25) is 0 Å². The van der Waals surface area contributed by atoms with Crippen LogP contribution in [0.5, 0.6) is 0 Å². The molecule has 1 unspecified atom stereocenters. The van der Waals surface area contributed by atoms with Gasteiger partial charge >= 0.3 is 0 Å². The van der Waals surface area contributed by atoms with Crippen molar-refractivity contribution < 1.29 is 0 Å². The lowest BCUT2D eigenvalue weighted by atomic mass is 10.00. The van der Waals surface area contributed by atoms with E-state index in [1.165, 1.54) is 12.0 Å². The molecular weight excluding hydrogens is 120 g/mol. The van der Waals surface area contributed by atoms with Gasteiger partial charge in [0.1, 0.15) is 0 Å². The molecule has 0 aliphatic rings. The first-order valence-electron chi connectivity index (χ1n) is 3.99. The molecule has 0 fully saturated rings. The summed E-state index contributed by atoms with van der Waals surface area (Å²) in [6.45, 7) is 12.1. The van der Waals surface area contributed by atoms with Crippen molar-refractivity contribution in [3.8, 4) is 0 Å². The third-order valence-corrected chi connectivity index (χ3v) is 1.62. The smallest absolute Gasteiger partial charge is 0.0227 e. The summed E-state index contributed by atoms with van der Waals surface area (Å²) in [5, 5.41) is 0. The van der Waals surface area contributed by atoms with E-state index in [0.29, 0.717) is 5.92 Å². The Morgan fingerprint density at radius 2 is 2.20 bits per heavy atom. The summed E-state index contributed by atoms with van der Waals surface area (Å²) in [4.78, 5) is 0. The molecule has 0 aromatic heterocycles. The Bertz CT molecular complexity index is 111. The van der Waals surface area contributed by atoms with Crippen LogP contribution in [-0.4, -0.2) is 0 Å². The molecule has 0 heteroatoms. The van der Waals surface area contributed by atoms with Crippen molar-refractivity contribution in [2.75, 3.05) is 0 Å². The monoisotopic (exact) mass is 138 g/mol. The van der Waals surface area contributed by atoms with Crippen LogP contribution in [0.2, 0.25) is 0 Å². The maximum atomic E-state index is 3.98. The van der Waals surface area contributed by atoms with Gasteiger partial charge in [-0.1, -0.05) is 38.5 Å². The summed E-state index contributed by atoms with van der Waals surface area (Å²) in [6.07, 6.45) is 5.47. The van der Waals surface area contributed by atoms with E-state index >= 15 is 0 Å². The number of allylic oxidation sites excluding steroid dienone is 2. The molecule has 0 nitrogen and oxygen atoms in total. The van der Waals surface area contributed by atoms with E-state index in [1.54, 1.807) is 0 Å². The van der Waals surface area contributed by atoms with Crippen LogP contribution in [-0.2, 0) is 0 Å². The predicted molar refractivity (Wildman–Crippen MR) is 48.0 cm³/mol. The predicted octanol–water partition coefficient (Wildman–Crippen LogP) is 3.55. The zero-order valence-corrected chi connectivity index (χ0v) is 7.19. The van der Waals surface area contributed by atoms with Gasteiger partial charge in [0.05, 0.1) is 0 Å². The lowest BCUT2D eigenvalue weighted by Gasteiger charge is -2.06. The highest BCUT2D eigenvalue weighted by Gasteiger charge is 1.97. The third-order valence-electron chi connectivity index (χ3n) is 1.62. The van der Waals surface area contributed by atoms with Crippen LogP contribution in [0.1, 0.15) is 33.1 Å². The van der Waals surface area contributed by atoms with Crippen LogP contribution in [0.3, 0.4) is 0 Å². The lowest BCUT2D eigenvalue weighted by molar-refractivity contribution is 0.687. The highest BCUT2D eigenvalue weighted by Crippen LogP contribution is 2.14. The molecular formula is C10H18. The molecule has 0 saturated heterocycles. The Balaban J connectivity index is 3.46. The van der Waals surface area contributed by atoms with Crippen LogP contribution in [0.25, 0.3) is 0 Å². The van der Waals surface area contributed by atoms with E-state index in [9.17, 15) is 0 Å². The van der Waals surface area contributed by atoms with Crippen LogP contribution < -0.4 is 0 Å². The Morgan fingerprint density at radius 1 is 1.60 bits per heavy atom. The summed E-state index contributed by atoms with van der Waals surface area (Å²) in [5.41, 5.74) is 1.36. The van der Waals surface area contributed by atoms with Gasteiger partial charge in [0, 0.05) is 0 Å². The zero-order valence-electron chi connectivity index (χ0n) is 7.19. The number of rotatable bonds is 5. The van der Waals surface area contributed by atoms with Crippen LogP contribution in [0, 0.1) is 5.92 Å². The van der Waals surface area contributed by atoms with Gasteiger partial charge in [-0.3, -0.25) is 0 Å². The van der Waals surface area contributed by atoms with Crippen molar-refractivity contribution in [3.05, 3.63) is 24.8 Å². The van der Waals surface area contributed by atoms with E-state index in [4.69, 9.17) is 0 Å². The molecule has 0 radical (unpaired) electrons. The molecule has 10 heavy (non-hydrogen) atoms. The minimum atomic E-state index is 0.596. The van der Waals surface area contributed by atoms with Gasteiger partial charge in [-0.05, 0) is 18.8 Å². The first-order chi connectivity index (χ1) is 4.70. The molecule has 0 aromatic rings. The van der Waals surface area contributed by atoms with E-state index in [2.05, 4.69) is 27.0 Å². The third kappa shape index (κ3) is 4.37. The Morgan fingerprint density at radius 3 is 2.60 bits per heavy atom. The molecule has 0 N–H and O–H groups in total.